The van der Waals surface area contributed by atoms with E-state index in [0.717, 1.165) is 29.5 Å². The molecule has 0 amide bonds. The van der Waals surface area contributed by atoms with Crippen molar-refractivity contribution in [3.05, 3.63) is 71.2 Å². The van der Waals surface area contributed by atoms with E-state index in [1.54, 1.807) is 6.07 Å². The predicted octanol–water partition coefficient (Wildman–Crippen LogP) is 4.42. The van der Waals surface area contributed by atoms with Crippen LogP contribution in [0.4, 0.5) is 13.2 Å². The maximum absolute atomic E-state index is 12.5. The third kappa shape index (κ3) is 4.08. The van der Waals surface area contributed by atoms with E-state index in [-0.39, 0.29) is 12.2 Å². The number of ether oxygens (including phenoxy) is 1. The Morgan fingerprint density at radius 1 is 1.15 bits per heavy atom. The van der Waals surface area contributed by atoms with Crippen LogP contribution in [0, 0.1) is 6.92 Å². The number of carbonyl (C=O) groups is 1. The highest BCUT2D eigenvalue weighted by Crippen LogP contribution is 2.27. The monoisotopic (exact) mass is 362 g/mol. The van der Waals surface area contributed by atoms with E-state index < -0.39 is 17.8 Å². The number of carbonyl (C=O) groups excluding carboxylic acids is 1. The molecule has 0 aliphatic carbocycles. The van der Waals surface area contributed by atoms with Gasteiger partial charge in [0.05, 0.1) is 5.56 Å². The zero-order valence-corrected chi connectivity index (χ0v) is 13.6. The number of hydrogen-bond donors (Lipinski definition) is 0. The minimum Gasteiger partial charge on any atom is -0.454 e. The highest BCUT2D eigenvalue weighted by Gasteiger charge is 2.32. The van der Waals surface area contributed by atoms with Crippen molar-refractivity contribution >= 4 is 5.97 Å². The van der Waals surface area contributed by atoms with Crippen molar-refractivity contribution < 1.29 is 27.2 Å². The van der Waals surface area contributed by atoms with Crippen molar-refractivity contribution in [1.29, 1.82) is 0 Å². The van der Waals surface area contributed by atoms with Crippen molar-refractivity contribution in [2.75, 3.05) is 0 Å². The zero-order chi connectivity index (χ0) is 18.7. The summed E-state index contributed by atoms with van der Waals surface area (Å²) in [5.41, 5.74) is 1.39. The molecule has 134 valence electrons. The number of alkyl halides is 3. The lowest BCUT2D eigenvalue weighted by Gasteiger charge is -2.06. The number of hydrogen-bond acceptors (Lipinski definition) is 5. The first-order valence-electron chi connectivity index (χ1n) is 7.56. The van der Waals surface area contributed by atoms with Crippen LogP contribution in [0.1, 0.15) is 27.4 Å². The summed E-state index contributed by atoms with van der Waals surface area (Å²) in [7, 11) is 0. The molecule has 0 N–H and O–H groups in total. The Hall–Kier alpha value is -3.16. The minimum absolute atomic E-state index is 0.0868. The standard InChI is InChI=1S/C18H13F3N2O3/c1-11-2-4-12(5-3-11)15-8-14(26-23-15)10-25-17(24)13-6-7-16(22-9-13)18(19,20)21/h2-9H,10H2,1H3. The molecule has 0 aliphatic heterocycles. The summed E-state index contributed by atoms with van der Waals surface area (Å²) in [5, 5.41) is 3.90. The van der Waals surface area contributed by atoms with Gasteiger partial charge in [0, 0.05) is 17.8 Å². The molecule has 3 rings (SSSR count). The first kappa shape index (κ1) is 17.7. The average Bonchev–Trinajstić information content (AvgIpc) is 3.08. The van der Waals surface area contributed by atoms with Gasteiger partial charge in [0.2, 0.25) is 0 Å². The van der Waals surface area contributed by atoms with Crippen LogP contribution in [0.25, 0.3) is 11.3 Å². The normalized spacial score (nSPS) is 11.4. The summed E-state index contributed by atoms with van der Waals surface area (Å²) >= 11 is 0. The summed E-state index contributed by atoms with van der Waals surface area (Å²) in [6.07, 6.45) is -3.74. The SMILES string of the molecule is Cc1ccc(-c2cc(COC(=O)c3ccc(C(F)(F)F)nc3)on2)cc1. The van der Waals surface area contributed by atoms with E-state index in [1.807, 2.05) is 31.2 Å². The molecular formula is C18H13F3N2O3. The summed E-state index contributed by atoms with van der Waals surface area (Å²) < 4.78 is 47.5. The van der Waals surface area contributed by atoms with Crippen molar-refractivity contribution in [2.45, 2.75) is 19.7 Å². The molecule has 0 saturated carbocycles. The Labute approximate surface area is 146 Å². The van der Waals surface area contributed by atoms with Gasteiger partial charge in [-0.05, 0) is 19.1 Å². The molecule has 0 fully saturated rings. The molecule has 2 aromatic heterocycles. The minimum atomic E-state index is -4.56. The lowest BCUT2D eigenvalue weighted by molar-refractivity contribution is -0.141. The maximum atomic E-state index is 12.5. The van der Waals surface area contributed by atoms with Gasteiger partial charge in [0.25, 0.3) is 0 Å². The van der Waals surface area contributed by atoms with Crippen LogP contribution in [-0.2, 0) is 17.5 Å². The average molecular weight is 362 g/mol. The smallest absolute Gasteiger partial charge is 0.433 e. The van der Waals surface area contributed by atoms with Gasteiger partial charge in [-0.2, -0.15) is 13.2 Å². The van der Waals surface area contributed by atoms with Gasteiger partial charge < -0.3 is 9.26 Å². The Morgan fingerprint density at radius 2 is 1.88 bits per heavy atom. The molecule has 0 saturated heterocycles. The topological polar surface area (TPSA) is 65.2 Å². The molecule has 3 aromatic rings. The molecule has 0 unspecified atom stereocenters. The number of esters is 1. The van der Waals surface area contributed by atoms with Crippen molar-refractivity contribution in [1.82, 2.24) is 10.1 Å². The number of aryl methyl sites for hydroxylation is 1. The maximum Gasteiger partial charge on any atom is 0.433 e. The van der Waals surface area contributed by atoms with E-state index in [0.29, 0.717) is 11.5 Å². The third-order valence-electron chi connectivity index (χ3n) is 3.54. The lowest BCUT2D eigenvalue weighted by atomic mass is 10.1. The molecular weight excluding hydrogens is 349 g/mol. The van der Waals surface area contributed by atoms with Gasteiger partial charge >= 0.3 is 12.1 Å². The van der Waals surface area contributed by atoms with E-state index in [2.05, 4.69) is 10.1 Å². The van der Waals surface area contributed by atoms with Gasteiger partial charge in [0.1, 0.15) is 11.4 Å². The van der Waals surface area contributed by atoms with Gasteiger partial charge in [-0.15, -0.1) is 0 Å². The molecule has 8 heteroatoms. The second-order valence-electron chi connectivity index (χ2n) is 5.55. The molecule has 0 aliphatic rings. The number of aromatic nitrogens is 2. The van der Waals surface area contributed by atoms with Crippen LogP contribution in [0.15, 0.2) is 53.2 Å². The number of pyridine rings is 1. The second-order valence-corrected chi connectivity index (χ2v) is 5.55. The quantitative estimate of drug-likeness (QED) is 0.643. The summed E-state index contributed by atoms with van der Waals surface area (Å²) in [4.78, 5) is 15.1. The fourth-order valence-corrected chi connectivity index (χ4v) is 2.14. The van der Waals surface area contributed by atoms with Crippen LogP contribution in [0.2, 0.25) is 0 Å². The number of benzene rings is 1. The van der Waals surface area contributed by atoms with Gasteiger partial charge in [-0.3, -0.25) is 4.98 Å². The Bertz CT molecular complexity index is 901. The lowest BCUT2D eigenvalue weighted by Crippen LogP contribution is -2.10. The first-order valence-corrected chi connectivity index (χ1v) is 7.56. The summed E-state index contributed by atoms with van der Waals surface area (Å²) in [6, 6.07) is 11.0. The van der Waals surface area contributed by atoms with Gasteiger partial charge in [-0.1, -0.05) is 35.0 Å². The molecule has 0 radical (unpaired) electrons. The Morgan fingerprint density at radius 3 is 2.50 bits per heavy atom. The fourth-order valence-electron chi connectivity index (χ4n) is 2.14. The van der Waals surface area contributed by atoms with Crippen molar-refractivity contribution in [3.8, 4) is 11.3 Å². The molecule has 0 atom stereocenters. The summed E-state index contributed by atoms with van der Waals surface area (Å²) in [6.45, 7) is 1.77. The molecule has 5 nitrogen and oxygen atoms in total. The highest BCUT2D eigenvalue weighted by molar-refractivity contribution is 5.88. The Balaban J connectivity index is 1.62. The van der Waals surface area contributed by atoms with E-state index in [4.69, 9.17) is 9.26 Å². The van der Waals surface area contributed by atoms with Gasteiger partial charge in [0.15, 0.2) is 12.4 Å². The summed E-state index contributed by atoms with van der Waals surface area (Å²) in [5.74, 6) is -0.492. The zero-order valence-electron chi connectivity index (χ0n) is 13.6. The number of rotatable bonds is 4. The van der Waals surface area contributed by atoms with Crippen LogP contribution in [-0.4, -0.2) is 16.1 Å². The van der Waals surface area contributed by atoms with Crippen LogP contribution in [0.3, 0.4) is 0 Å². The third-order valence-corrected chi connectivity index (χ3v) is 3.54. The van der Waals surface area contributed by atoms with Crippen molar-refractivity contribution in [3.63, 3.8) is 0 Å². The predicted molar refractivity (Wildman–Crippen MR) is 85.0 cm³/mol. The van der Waals surface area contributed by atoms with Crippen LogP contribution in [0.5, 0.6) is 0 Å². The van der Waals surface area contributed by atoms with Gasteiger partial charge in [-0.25, -0.2) is 4.79 Å². The number of nitrogens with zero attached hydrogens (tertiary/aromatic N) is 2. The first-order chi connectivity index (χ1) is 12.3. The largest absolute Gasteiger partial charge is 0.454 e. The van der Waals surface area contributed by atoms with E-state index in [9.17, 15) is 18.0 Å². The molecule has 2 heterocycles. The number of halogens is 3. The fraction of sp³-hybridized carbons (Fsp3) is 0.167. The molecule has 0 spiro atoms. The molecule has 26 heavy (non-hydrogen) atoms. The van der Waals surface area contributed by atoms with Crippen LogP contribution < -0.4 is 0 Å². The van der Waals surface area contributed by atoms with Crippen LogP contribution >= 0.6 is 0 Å². The van der Waals surface area contributed by atoms with Crippen molar-refractivity contribution in [2.24, 2.45) is 0 Å². The van der Waals surface area contributed by atoms with E-state index in [1.165, 1.54) is 0 Å². The highest BCUT2D eigenvalue weighted by atomic mass is 19.4. The second kappa shape index (κ2) is 6.99. The molecule has 0 bridgehead atoms. The Kier molecular flexibility index (Phi) is 4.75. The molecule has 1 aromatic carbocycles. The van der Waals surface area contributed by atoms with E-state index >= 15 is 0 Å².